The van der Waals surface area contributed by atoms with Crippen molar-refractivity contribution in [1.29, 1.82) is 0 Å². The van der Waals surface area contributed by atoms with Crippen LogP contribution in [0.4, 0.5) is 0 Å². The molecule has 1 aromatic rings. The molecule has 0 bridgehead atoms. The molecule has 1 amide bonds. The van der Waals surface area contributed by atoms with Crippen LogP contribution in [0.5, 0.6) is 0 Å². The molecule has 0 fully saturated rings. The van der Waals surface area contributed by atoms with Gasteiger partial charge < -0.3 is 4.90 Å². The summed E-state index contributed by atoms with van der Waals surface area (Å²) in [7, 11) is 1.84. The van der Waals surface area contributed by atoms with Crippen molar-refractivity contribution in [1.82, 2.24) is 4.90 Å². The predicted molar refractivity (Wildman–Crippen MR) is 65.8 cm³/mol. The van der Waals surface area contributed by atoms with Crippen molar-refractivity contribution < 1.29 is 4.79 Å². The van der Waals surface area contributed by atoms with Gasteiger partial charge in [0, 0.05) is 25.0 Å². The zero-order valence-electron chi connectivity index (χ0n) is 9.16. The Morgan fingerprint density at radius 2 is 1.93 bits per heavy atom. The van der Waals surface area contributed by atoms with E-state index in [1.807, 2.05) is 19.2 Å². The summed E-state index contributed by atoms with van der Waals surface area (Å²) in [6.45, 7) is 2.42. The standard InChI is InChI=1S/C12H16BrNO/c1-10(15)14(2)9-3-4-11-5-7-12(13)8-6-11/h5-8H,3-4,9H2,1-2H3. The van der Waals surface area contributed by atoms with Gasteiger partial charge in [0.2, 0.25) is 5.91 Å². The fourth-order valence-electron chi connectivity index (χ4n) is 1.33. The first kappa shape index (κ1) is 12.2. The summed E-state index contributed by atoms with van der Waals surface area (Å²) in [6.07, 6.45) is 2.03. The Labute approximate surface area is 99.4 Å². The third-order valence-corrected chi connectivity index (χ3v) is 2.94. The van der Waals surface area contributed by atoms with Gasteiger partial charge in [0.15, 0.2) is 0 Å². The summed E-state index contributed by atoms with van der Waals surface area (Å²) in [5, 5.41) is 0. The number of amides is 1. The third kappa shape index (κ3) is 4.47. The van der Waals surface area contributed by atoms with Crippen LogP contribution in [0, 0.1) is 0 Å². The van der Waals surface area contributed by atoms with E-state index in [2.05, 4.69) is 28.1 Å². The molecule has 0 aliphatic carbocycles. The Hall–Kier alpha value is -0.830. The van der Waals surface area contributed by atoms with Crippen LogP contribution in [-0.4, -0.2) is 24.4 Å². The SMILES string of the molecule is CC(=O)N(C)CCCc1ccc(Br)cc1. The average molecular weight is 270 g/mol. The molecular weight excluding hydrogens is 254 g/mol. The molecular formula is C12H16BrNO. The Morgan fingerprint density at radius 3 is 2.47 bits per heavy atom. The molecule has 0 heterocycles. The van der Waals surface area contributed by atoms with Gasteiger partial charge in [-0.15, -0.1) is 0 Å². The smallest absolute Gasteiger partial charge is 0.219 e. The van der Waals surface area contributed by atoms with Crippen LogP contribution in [0.15, 0.2) is 28.7 Å². The number of halogens is 1. The molecule has 82 valence electrons. The van der Waals surface area contributed by atoms with Gasteiger partial charge in [-0.05, 0) is 30.5 Å². The fourth-order valence-corrected chi connectivity index (χ4v) is 1.59. The lowest BCUT2D eigenvalue weighted by atomic mass is 10.1. The number of hydrogen-bond acceptors (Lipinski definition) is 1. The molecule has 2 nitrogen and oxygen atoms in total. The summed E-state index contributed by atoms with van der Waals surface area (Å²) in [5.41, 5.74) is 1.31. The topological polar surface area (TPSA) is 20.3 Å². The summed E-state index contributed by atoms with van der Waals surface area (Å²) in [4.78, 5) is 12.7. The molecule has 0 saturated heterocycles. The van der Waals surface area contributed by atoms with Gasteiger partial charge in [-0.2, -0.15) is 0 Å². The van der Waals surface area contributed by atoms with E-state index in [1.165, 1.54) is 5.56 Å². The lowest BCUT2D eigenvalue weighted by Gasteiger charge is -2.14. The number of nitrogens with zero attached hydrogens (tertiary/aromatic N) is 1. The first-order chi connectivity index (χ1) is 7.09. The highest BCUT2D eigenvalue weighted by atomic mass is 79.9. The molecule has 0 radical (unpaired) electrons. The van der Waals surface area contributed by atoms with Crippen LogP contribution in [0.3, 0.4) is 0 Å². The highest BCUT2D eigenvalue weighted by Gasteiger charge is 2.01. The lowest BCUT2D eigenvalue weighted by molar-refractivity contribution is -0.127. The molecule has 0 N–H and O–H groups in total. The Bertz CT molecular complexity index is 321. The summed E-state index contributed by atoms with van der Waals surface area (Å²) >= 11 is 3.40. The van der Waals surface area contributed by atoms with Gasteiger partial charge in [0.05, 0.1) is 0 Å². The summed E-state index contributed by atoms with van der Waals surface area (Å²) in [5.74, 6) is 0.130. The van der Waals surface area contributed by atoms with Crippen molar-refractivity contribution in [2.45, 2.75) is 19.8 Å². The van der Waals surface area contributed by atoms with E-state index in [1.54, 1.807) is 11.8 Å². The second-order valence-corrected chi connectivity index (χ2v) is 4.59. The molecule has 0 spiro atoms. The van der Waals surface area contributed by atoms with Crippen molar-refractivity contribution in [3.8, 4) is 0 Å². The molecule has 0 aromatic heterocycles. The second-order valence-electron chi connectivity index (χ2n) is 3.67. The molecule has 1 rings (SSSR count). The quantitative estimate of drug-likeness (QED) is 0.823. The second kappa shape index (κ2) is 5.91. The minimum atomic E-state index is 0.130. The molecule has 1 aromatic carbocycles. The Balaban J connectivity index is 2.32. The van der Waals surface area contributed by atoms with E-state index in [4.69, 9.17) is 0 Å². The van der Waals surface area contributed by atoms with Crippen molar-refractivity contribution in [2.75, 3.05) is 13.6 Å². The van der Waals surface area contributed by atoms with Crippen LogP contribution >= 0.6 is 15.9 Å². The van der Waals surface area contributed by atoms with Gasteiger partial charge in [-0.25, -0.2) is 0 Å². The zero-order valence-corrected chi connectivity index (χ0v) is 10.8. The zero-order chi connectivity index (χ0) is 11.3. The van der Waals surface area contributed by atoms with Gasteiger partial charge >= 0.3 is 0 Å². The predicted octanol–water partition coefficient (Wildman–Crippen LogP) is 2.86. The van der Waals surface area contributed by atoms with E-state index in [9.17, 15) is 4.79 Å². The van der Waals surface area contributed by atoms with Gasteiger partial charge in [-0.1, -0.05) is 28.1 Å². The summed E-state index contributed by atoms with van der Waals surface area (Å²) < 4.78 is 1.10. The first-order valence-electron chi connectivity index (χ1n) is 5.06. The van der Waals surface area contributed by atoms with E-state index in [-0.39, 0.29) is 5.91 Å². The third-order valence-electron chi connectivity index (χ3n) is 2.41. The van der Waals surface area contributed by atoms with Crippen molar-refractivity contribution >= 4 is 21.8 Å². The largest absolute Gasteiger partial charge is 0.346 e. The van der Waals surface area contributed by atoms with Crippen LogP contribution < -0.4 is 0 Å². The van der Waals surface area contributed by atoms with Gasteiger partial charge in [0.25, 0.3) is 0 Å². The lowest BCUT2D eigenvalue weighted by Crippen LogP contribution is -2.25. The van der Waals surface area contributed by atoms with Gasteiger partial charge in [-0.3, -0.25) is 4.79 Å². The monoisotopic (exact) mass is 269 g/mol. The average Bonchev–Trinajstić information content (AvgIpc) is 2.20. The summed E-state index contributed by atoms with van der Waals surface area (Å²) in [6, 6.07) is 8.31. The highest BCUT2D eigenvalue weighted by Crippen LogP contribution is 2.11. The maximum absolute atomic E-state index is 11.0. The van der Waals surface area contributed by atoms with Crippen molar-refractivity contribution in [3.63, 3.8) is 0 Å². The molecule has 15 heavy (non-hydrogen) atoms. The van der Waals surface area contributed by atoms with Crippen LogP contribution in [-0.2, 0) is 11.2 Å². The minimum Gasteiger partial charge on any atom is -0.346 e. The van der Waals surface area contributed by atoms with E-state index >= 15 is 0 Å². The number of benzene rings is 1. The number of aryl methyl sites for hydroxylation is 1. The number of carbonyl (C=O) groups excluding carboxylic acids is 1. The maximum atomic E-state index is 11.0. The van der Waals surface area contributed by atoms with E-state index < -0.39 is 0 Å². The Kier molecular flexibility index (Phi) is 4.82. The molecule has 0 unspecified atom stereocenters. The van der Waals surface area contributed by atoms with Crippen LogP contribution in [0.2, 0.25) is 0 Å². The molecule has 0 saturated carbocycles. The fraction of sp³-hybridized carbons (Fsp3) is 0.417. The van der Waals surface area contributed by atoms with E-state index in [0.29, 0.717) is 0 Å². The first-order valence-corrected chi connectivity index (χ1v) is 5.85. The minimum absolute atomic E-state index is 0.130. The van der Waals surface area contributed by atoms with Crippen LogP contribution in [0.25, 0.3) is 0 Å². The van der Waals surface area contributed by atoms with Crippen molar-refractivity contribution in [3.05, 3.63) is 34.3 Å². The number of hydrogen-bond donors (Lipinski definition) is 0. The van der Waals surface area contributed by atoms with Gasteiger partial charge in [0.1, 0.15) is 0 Å². The number of carbonyl (C=O) groups is 1. The molecule has 3 heteroatoms. The maximum Gasteiger partial charge on any atom is 0.219 e. The highest BCUT2D eigenvalue weighted by molar-refractivity contribution is 9.10. The van der Waals surface area contributed by atoms with Crippen LogP contribution in [0.1, 0.15) is 18.9 Å². The molecule has 0 aliphatic heterocycles. The van der Waals surface area contributed by atoms with Crippen molar-refractivity contribution in [2.24, 2.45) is 0 Å². The number of rotatable bonds is 4. The Morgan fingerprint density at radius 1 is 1.33 bits per heavy atom. The molecule has 0 atom stereocenters. The molecule has 0 aliphatic rings. The van der Waals surface area contributed by atoms with E-state index in [0.717, 1.165) is 23.9 Å². The normalized spacial score (nSPS) is 10.1.